The van der Waals surface area contributed by atoms with Crippen LogP contribution in [-0.2, 0) is 6.42 Å². The highest BCUT2D eigenvalue weighted by Gasteiger charge is 2.16. The third-order valence-electron chi connectivity index (χ3n) is 3.00. The third kappa shape index (κ3) is 2.45. The number of aromatic nitrogens is 2. The average molecular weight is 260 g/mol. The van der Waals surface area contributed by atoms with E-state index in [1.807, 2.05) is 32.0 Å². The number of aromatic amines is 1. The minimum absolute atomic E-state index is 0.0889. The first kappa shape index (κ1) is 13.1. The minimum Gasteiger partial charge on any atom is -0.496 e. The number of H-pyrrole nitrogens is 1. The Morgan fingerprint density at radius 1 is 1.47 bits per heavy atom. The van der Waals surface area contributed by atoms with Crippen molar-refractivity contribution < 1.29 is 14.6 Å². The van der Waals surface area contributed by atoms with Crippen LogP contribution in [0.5, 0.6) is 5.75 Å². The van der Waals surface area contributed by atoms with Crippen LogP contribution in [0.15, 0.2) is 18.2 Å². The predicted molar refractivity (Wildman–Crippen MR) is 71.7 cm³/mol. The van der Waals surface area contributed by atoms with Crippen LogP contribution in [0.2, 0.25) is 0 Å². The summed E-state index contributed by atoms with van der Waals surface area (Å²) in [6, 6.07) is 5.62. The van der Waals surface area contributed by atoms with Gasteiger partial charge in [0.05, 0.1) is 7.11 Å². The molecule has 0 saturated heterocycles. The number of carboxylic acids is 1. The van der Waals surface area contributed by atoms with E-state index in [1.165, 1.54) is 0 Å². The summed E-state index contributed by atoms with van der Waals surface area (Å²) in [6.45, 7) is 3.83. The largest absolute Gasteiger partial charge is 0.496 e. The Morgan fingerprint density at radius 3 is 2.68 bits per heavy atom. The standard InChI is InChI=1S/C14H16N2O3/c1-4-10-12(14(17)18)16-13(15-10)9-5-6-11(19-3)8(2)7-9/h5-7H,4H2,1-3H3,(H,15,16)(H,17,18). The highest BCUT2D eigenvalue weighted by Crippen LogP contribution is 2.25. The van der Waals surface area contributed by atoms with Crippen LogP contribution in [0.1, 0.15) is 28.7 Å². The van der Waals surface area contributed by atoms with Crippen LogP contribution in [0.4, 0.5) is 0 Å². The average Bonchev–Trinajstić information content (AvgIpc) is 2.83. The maximum Gasteiger partial charge on any atom is 0.356 e. The molecule has 2 N–H and O–H groups in total. The summed E-state index contributed by atoms with van der Waals surface area (Å²) in [7, 11) is 1.62. The summed E-state index contributed by atoms with van der Waals surface area (Å²) in [4.78, 5) is 18.3. The van der Waals surface area contributed by atoms with Gasteiger partial charge < -0.3 is 14.8 Å². The zero-order valence-corrected chi connectivity index (χ0v) is 11.2. The molecule has 2 rings (SSSR count). The van der Waals surface area contributed by atoms with E-state index in [2.05, 4.69) is 9.97 Å². The number of aryl methyl sites for hydroxylation is 2. The summed E-state index contributed by atoms with van der Waals surface area (Å²) in [5.74, 6) is 0.356. The number of hydrogen-bond donors (Lipinski definition) is 2. The van der Waals surface area contributed by atoms with E-state index in [4.69, 9.17) is 9.84 Å². The van der Waals surface area contributed by atoms with Crippen molar-refractivity contribution in [2.45, 2.75) is 20.3 Å². The van der Waals surface area contributed by atoms with Crippen molar-refractivity contribution in [3.8, 4) is 17.1 Å². The van der Waals surface area contributed by atoms with Crippen molar-refractivity contribution in [3.05, 3.63) is 35.2 Å². The quantitative estimate of drug-likeness (QED) is 0.886. The lowest BCUT2D eigenvalue weighted by atomic mass is 10.1. The van der Waals surface area contributed by atoms with Crippen LogP contribution in [0.3, 0.4) is 0 Å². The molecule has 0 radical (unpaired) electrons. The second-order valence-electron chi connectivity index (χ2n) is 4.26. The maximum atomic E-state index is 11.1. The van der Waals surface area contributed by atoms with Crippen LogP contribution in [0, 0.1) is 6.92 Å². The number of imidazole rings is 1. The topological polar surface area (TPSA) is 75.2 Å². The summed E-state index contributed by atoms with van der Waals surface area (Å²) < 4.78 is 5.20. The third-order valence-corrected chi connectivity index (χ3v) is 3.00. The molecule has 100 valence electrons. The molecule has 1 heterocycles. The van der Waals surface area contributed by atoms with Crippen molar-refractivity contribution in [2.24, 2.45) is 0 Å². The van der Waals surface area contributed by atoms with Gasteiger partial charge in [-0.15, -0.1) is 0 Å². The van der Waals surface area contributed by atoms with Gasteiger partial charge >= 0.3 is 5.97 Å². The van der Waals surface area contributed by atoms with Crippen LogP contribution in [0.25, 0.3) is 11.4 Å². The molecule has 1 aromatic carbocycles. The molecule has 0 saturated carbocycles. The van der Waals surface area contributed by atoms with Gasteiger partial charge in [0, 0.05) is 11.3 Å². The van der Waals surface area contributed by atoms with E-state index in [9.17, 15) is 4.79 Å². The Morgan fingerprint density at radius 2 is 2.21 bits per heavy atom. The molecule has 2 aromatic rings. The first-order valence-electron chi connectivity index (χ1n) is 6.04. The van der Waals surface area contributed by atoms with Crippen LogP contribution >= 0.6 is 0 Å². The number of benzene rings is 1. The smallest absolute Gasteiger partial charge is 0.356 e. The van der Waals surface area contributed by atoms with Gasteiger partial charge in [0.15, 0.2) is 5.69 Å². The number of nitrogens with zero attached hydrogens (tertiary/aromatic N) is 1. The number of nitrogens with one attached hydrogen (secondary N) is 1. The monoisotopic (exact) mass is 260 g/mol. The van der Waals surface area contributed by atoms with Gasteiger partial charge in [0.1, 0.15) is 11.6 Å². The fraction of sp³-hybridized carbons (Fsp3) is 0.286. The zero-order chi connectivity index (χ0) is 14.0. The molecule has 0 unspecified atom stereocenters. The lowest BCUT2D eigenvalue weighted by Gasteiger charge is -2.05. The van der Waals surface area contributed by atoms with E-state index in [0.29, 0.717) is 17.9 Å². The number of methoxy groups -OCH3 is 1. The fourth-order valence-corrected chi connectivity index (χ4v) is 2.00. The molecule has 1 aromatic heterocycles. The minimum atomic E-state index is -1.01. The van der Waals surface area contributed by atoms with E-state index in [0.717, 1.165) is 16.9 Å². The van der Waals surface area contributed by atoms with Crippen molar-refractivity contribution in [3.63, 3.8) is 0 Å². The Balaban J connectivity index is 2.47. The molecule has 0 atom stereocenters. The molecule has 0 aliphatic heterocycles. The van der Waals surface area contributed by atoms with Gasteiger partial charge in [0.2, 0.25) is 0 Å². The van der Waals surface area contributed by atoms with Gasteiger partial charge in [-0.25, -0.2) is 9.78 Å². The Hall–Kier alpha value is -2.30. The second-order valence-corrected chi connectivity index (χ2v) is 4.26. The SMILES string of the molecule is CCc1[nH]c(-c2ccc(OC)c(C)c2)nc1C(=O)O. The van der Waals surface area contributed by atoms with Crippen molar-refractivity contribution in [1.29, 1.82) is 0 Å². The molecule has 0 fully saturated rings. The van der Waals surface area contributed by atoms with E-state index < -0.39 is 5.97 Å². The highest BCUT2D eigenvalue weighted by molar-refractivity contribution is 5.87. The number of carbonyl (C=O) groups is 1. The molecule has 0 aliphatic rings. The fourth-order valence-electron chi connectivity index (χ4n) is 2.00. The number of carboxylic acid groups (broad SMARTS) is 1. The van der Waals surface area contributed by atoms with Crippen molar-refractivity contribution in [1.82, 2.24) is 9.97 Å². The van der Waals surface area contributed by atoms with E-state index in [-0.39, 0.29) is 5.69 Å². The summed E-state index contributed by atoms with van der Waals surface area (Å²) >= 11 is 0. The van der Waals surface area contributed by atoms with Gasteiger partial charge in [-0.1, -0.05) is 6.92 Å². The predicted octanol–water partition coefficient (Wildman–Crippen LogP) is 2.65. The van der Waals surface area contributed by atoms with Crippen molar-refractivity contribution >= 4 is 5.97 Å². The summed E-state index contributed by atoms with van der Waals surface area (Å²) in [5, 5.41) is 9.09. The van der Waals surface area contributed by atoms with Gasteiger partial charge in [0.25, 0.3) is 0 Å². The van der Waals surface area contributed by atoms with E-state index >= 15 is 0 Å². The van der Waals surface area contributed by atoms with Crippen LogP contribution in [-0.4, -0.2) is 28.2 Å². The number of aromatic carboxylic acids is 1. The lowest BCUT2D eigenvalue weighted by molar-refractivity contribution is 0.0690. The zero-order valence-electron chi connectivity index (χ0n) is 11.2. The molecule has 0 bridgehead atoms. The molecule has 19 heavy (non-hydrogen) atoms. The van der Waals surface area contributed by atoms with E-state index in [1.54, 1.807) is 7.11 Å². The van der Waals surface area contributed by atoms with Crippen LogP contribution < -0.4 is 4.74 Å². The summed E-state index contributed by atoms with van der Waals surface area (Å²) in [6.07, 6.45) is 0.601. The van der Waals surface area contributed by atoms with Crippen molar-refractivity contribution in [2.75, 3.05) is 7.11 Å². The molecule has 5 heteroatoms. The number of rotatable bonds is 4. The van der Waals surface area contributed by atoms with Gasteiger partial charge in [-0.2, -0.15) is 0 Å². The molecule has 0 aliphatic carbocycles. The first-order chi connectivity index (χ1) is 9.06. The Bertz CT molecular complexity index is 617. The number of ether oxygens (including phenoxy) is 1. The molecule has 0 spiro atoms. The van der Waals surface area contributed by atoms with Gasteiger partial charge in [-0.3, -0.25) is 0 Å². The maximum absolute atomic E-state index is 11.1. The summed E-state index contributed by atoms with van der Waals surface area (Å²) in [5.41, 5.74) is 2.55. The Labute approximate surface area is 111 Å². The first-order valence-corrected chi connectivity index (χ1v) is 6.04. The second kappa shape index (κ2) is 5.14. The lowest BCUT2D eigenvalue weighted by Crippen LogP contribution is -2.00. The number of hydrogen-bond acceptors (Lipinski definition) is 3. The molecule has 5 nitrogen and oxygen atoms in total. The normalized spacial score (nSPS) is 10.5. The molecular weight excluding hydrogens is 244 g/mol. The molecular formula is C14H16N2O3. The molecule has 0 amide bonds. The Kier molecular flexibility index (Phi) is 3.55. The van der Waals surface area contributed by atoms with Gasteiger partial charge in [-0.05, 0) is 37.1 Å². The highest BCUT2D eigenvalue weighted by atomic mass is 16.5.